The van der Waals surface area contributed by atoms with Gasteiger partial charge in [-0.05, 0) is 73.2 Å². The van der Waals surface area contributed by atoms with Crippen molar-refractivity contribution in [2.24, 2.45) is 5.92 Å². The molecule has 2 aliphatic heterocycles. The van der Waals surface area contributed by atoms with Crippen LogP contribution in [0.3, 0.4) is 0 Å². The number of carbonyl (C=O) groups excluding carboxylic acids is 1. The van der Waals surface area contributed by atoms with E-state index in [2.05, 4.69) is 0 Å². The molecular weight excluding hydrogens is 474 g/mol. The molecule has 0 radical (unpaired) electrons. The van der Waals surface area contributed by atoms with Crippen LogP contribution in [-0.2, 0) is 21.2 Å². The first-order valence-electron chi connectivity index (χ1n) is 12.3. The average Bonchev–Trinajstić information content (AvgIpc) is 2.87. The van der Waals surface area contributed by atoms with Crippen LogP contribution in [0, 0.1) is 19.8 Å². The fourth-order valence-electron chi connectivity index (χ4n) is 5.13. The molecule has 2 aliphatic rings. The smallest absolute Gasteiger partial charge is 0.254 e. The molecule has 0 aliphatic carbocycles. The third-order valence-electron chi connectivity index (χ3n) is 7.23. The van der Waals surface area contributed by atoms with Crippen LogP contribution in [0.2, 0.25) is 0 Å². The second-order valence-corrected chi connectivity index (χ2v) is 11.8. The van der Waals surface area contributed by atoms with Crippen LogP contribution in [0.25, 0.3) is 11.1 Å². The van der Waals surface area contributed by atoms with Crippen molar-refractivity contribution < 1.29 is 22.7 Å². The van der Waals surface area contributed by atoms with Crippen molar-refractivity contribution in [2.75, 3.05) is 19.3 Å². The van der Waals surface area contributed by atoms with Gasteiger partial charge in [0, 0.05) is 36.4 Å². The molecule has 3 aromatic carbocycles. The summed E-state index contributed by atoms with van der Waals surface area (Å²) in [5.41, 5.74) is 5.74. The third-order valence-corrected chi connectivity index (χ3v) is 8.36. The maximum atomic E-state index is 13.1. The quantitative estimate of drug-likeness (QED) is 0.490. The lowest BCUT2D eigenvalue weighted by Crippen LogP contribution is -2.44. The minimum atomic E-state index is -3.22. The number of likely N-dealkylation sites (tertiary alicyclic amines) is 1. The lowest BCUT2D eigenvalue weighted by Gasteiger charge is -2.38. The number of rotatable bonds is 4. The Hall–Kier alpha value is -3.16. The van der Waals surface area contributed by atoms with E-state index in [4.69, 9.17) is 9.47 Å². The van der Waals surface area contributed by atoms with Crippen LogP contribution in [-0.4, -0.2) is 44.9 Å². The summed E-state index contributed by atoms with van der Waals surface area (Å²) in [4.78, 5) is 15.4. The van der Waals surface area contributed by atoms with E-state index in [-0.39, 0.29) is 18.1 Å². The van der Waals surface area contributed by atoms with Crippen molar-refractivity contribution >= 4 is 15.7 Å². The normalized spacial score (nSPS) is 18.4. The SMILES string of the molecule is Cc1cccc(C)c1C(=O)N1CCC(C2OCc3cc(-c4ccc(S(C)(=O)=O)cc4)ccc3O2)CC1. The van der Waals surface area contributed by atoms with Gasteiger partial charge in [-0.25, -0.2) is 8.42 Å². The van der Waals surface area contributed by atoms with Crippen molar-refractivity contribution in [3.05, 3.63) is 82.9 Å². The fraction of sp³-hybridized carbons (Fsp3) is 0.345. The first-order chi connectivity index (χ1) is 17.2. The molecule has 0 spiro atoms. The lowest BCUT2D eigenvalue weighted by molar-refractivity contribution is -0.148. The predicted molar refractivity (Wildman–Crippen MR) is 139 cm³/mol. The number of fused-ring (bicyclic) bond motifs is 1. The zero-order valence-electron chi connectivity index (χ0n) is 20.9. The first-order valence-corrected chi connectivity index (χ1v) is 14.2. The van der Waals surface area contributed by atoms with Gasteiger partial charge >= 0.3 is 0 Å². The Balaban J connectivity index is 1.22. The van der Waals surface area contributed by atoms with Gasteiger partial charge in [0.15, 0.2) is 9.84 Å². The number of aryl methyl sites for hydroxylation is 2. The minimum absolute atomic E-state index is 0.108. The molecule has 0 bridgehead atoms. The van der Waals surface area contributed by atoms with Gasteiger partial charge in [-0.15, -0.1) is 0 Å². The molecule has 2 heterocycles. The van der Waals surface area contributed by atoms with Gasteiger partial charge in [-0.1, -0.05) is 36.4 Å². The van der Waals surface area contributed by atoms with Crippen LogP contribution in [0.4, 0.5) is 0 Å². The standard InChI is InChI=1S/C29H31NO5S/c1-19-5-4-6-20(2)27(19)28(31)30-15-13-22(14-16-30)29-34-18-24-17-23(9-12-26(24)35-29)21-7-10-25(11-8-21)36(3,32)33/h4-12,17,22,29H,13-16,18H2,1-3H3. The second-order valence-electron chi connectivity index (χ2n) is 9.81. The van der Waals surface area contributed by atoms with Crippen LogP contribution < -0.4 is 4.74 Å². The zero-order valence-corrected chi connectivity index (χ0v) is 21.7. The van der Waals surface area contributed by atoms with E-state index in [1.54, 1.807) is 12.1 Å². The van der Waals surface area contributed by atoms with E-state index in [9.17, 15) is 13.2 Å². The summed E-state index contributed by atoms with van der Waals surface area (Å²) in [5, 5.41) is 0. The molecular formula is C29H31NO5S. The highest BCUT2D eigenvalue weighted by atomic mass is 32.2. The van der Waals surface area contributed by atoms with Gasteiger partial charge in [0.05, 0.1) is 11.5 Å². The number of sulfone groups is 1. The molecule has 1 atom stereocenters. The molecule has 7 heteroatoms. The van der Waals surface area contributed by atoms with Gasteiger partial charge < -0.3 is 14.4 Å². The van der Waals surface area contributed by atoms with E-state index in [1.165, 1.54) is 6.26 Å². The van der Waals surface area contributed by atoms with Gasteiger partial charge in [0.1, 0.15) is 5.75 Å². The highest BCUT2D eigenvalue weighted by Crippen LogP contribution is 2.35. The lowest BCUT2D eigenvalue weighted by atomic mass is 9.94. The summed E-state index contributed by atoms with van der Waals surface area (Å²) in [6, 6.07) is 18.8. The third kappa shape index (κ3) is 4.90. The predicted octanol–water partition coefficient (Wildman–Crippen LogP) is 5.16. The fourth-order valence-corrected chi connectivity index (χ4v) is 5.76. The maximum Gasteiger partial charge on any atom is 0.254 e. The summed E-state index contributed by atoms with van der Waals surface area (Å²) < 4.78 is 35.8. The molecule has 0 saturated carbocycles. The monoisotopic (exact) mass is 505 g/mol. The summed E-state index contributed by atoms with van der Waals surface area (Å²) in [6.45, 7) is 5.82. The van der Waals surface area contributed by atoms with Gasteiger partial charge in [0.2, 0.25) is 6.29 Å². The molecule has 188 valence electrons. The molecule has 36 heavy (non-hydrogen) atoms. The van der Waals surface area contributed by atoms with Gasteiger partial charge in [-0.2, -0.15) is 0 Å². The van der Waals surface area contributed by atoms with Crippen molar-refractivity contribution in [3.63, 3.8) is 0 Å². The molecule has 0 N–H and O–H groups in total. The summed E-state index contributed by atoms with van der Waals surface area (Å²) >= 11 is 0. The Labute approximate surface area is 212 Å². The van der Waals surface area contributed by atoms with E-state index in [0.29, 0.717) is 24.6 Å². The zero-order chi connectivity index (χ0) is 25.4. The Morgan fingerprint density at radius 3 is 2.19 bits per heavy atom. The van der Waals surface area contributed by atoms with Crippen LogP contribution in [0.1, 0.15) is 39.9 Å². The van der Waals surface area contributed by atoms with Crippen LogP contribution in [0.15, 0.2) is 65.6 Å². The summed E-state index contributed by atoms with van der Waals surface area (Å²) in [7, 11) is -3.22. The first kappa shape index (κ1) is 24.5. The number of amides is 1. The number of ether oxygens (including phenoxy) is 2. The van der Waals surface area contributed by atoms with E-state index in [1.807, 2.05) is 67.3 Å². The van der Waals surface area contributed by atoms with Crippen LogP contribution in [0.5, 0.6) is 5.75 Å². The molecule has 0 aromatic heterocycles. The van der Waals surface area contributed by atoms with Crippen molar-refractivity contribution in [2.45, 2.75) is 44.5 Å². The topological polar surface area (TPSA) is 72.9 Å². The van der Waals surface area contributed by atoms with Crippen molar-refractivity contribution in [3.8, 4) is 16.9 Å². The molecule has 1 unspecified atom stereocenters. The maximum absolute atomic E-state index is 13.1. The summed E-state index contributed by atoms with van der Waals surface area (Å²) in [6.07, 6.45) is 2.55. The summed E-state index contributed by atoms with van der Waals surface area (Å²) in [5.74, 6) is 1.15. The number of nitrogens with zero attached hydrogens (tertiary/aromatic N) is 1. The van der Waals surface area contributed by atoms with E-state index < -0.39 is 9.84 Å². The van der Waals surface area contributed by atoms with Crippen molar-refractivity contribution in [1.82, 2.24) is 4.90 Å². The van der Waals surface area contributed by atoms with E-state index in [0.717, 1.165) is 52.0 Å². The molecule has 1 saturated heterocycles. The largest absolute Gasteiger partial charge is 0.464 e. The van der Waals surface area contributed by atoms with Gasteiger partial charge in [0.25, 0.3) is 5.91 Å². The average molecular weight is 506 g/mol. The Morgan fingerprint density at radius 1 is 0.917 bits per heavy atom. The van der Waals surface area contributed by atoms with Gasteiger partial charge in [-0.3, -0.25) is 4.79 Å². The molecule has 1 fully saturated rings. The minimum Gasteiger partial charge on any atom is -0.464 e. The molecule has 6 nitrogen and oxygen atoms in total. The van der Waals surface area contributed by atoms with Crippen LogP contribution >= 0.6 is 0 Å². The Kier molecular flexibility index (Phi) is 6.62. The Morgan fingerprint density at radius 2 is 1.56 bits per heavy atom. The number of hydrogen-bond acceptors (Lipinski definition) is 5. The second kappa shape index (κ2) is 9.71. The Bertz CT molecular complexity index is 1370. The highest BCUT2D eigenvalue weighted by Gasteiger charge is 2.33. The highest BCUT2D eigenvalue weighted by molar-refractivity contribution is 7.90. The number of carbonyl (C=O) groups is 1. The number of piperidine rings is 1. The molecule has 1 amide bonds. The molecule has 5 rings (SSSR count). The molecule has 3 aromatic rings. The number of benzene rings is 3. The van der Waals surface area contributed by atoms with E-state index >= 15 is 0 Å². The van der Waals surface area contributed by atoms with Crippen molar-refractivity contribution in [1.29, 1.82) is 0 Å². The number of hydrogen-bond donors (Lipinski definition) is 0.